The highest BCUT2D eigenvalue weighted by molar-refractivity contribution is 5.96. The first-order chi connectivity index (χ1) is 15.7. The Morgan fingerprint density at radius 3 is 2.50 bits per heavy atom. The summed E-state index contributed by atoms with van der Waals surface area (Å²) in [7, 11) is 0. The van der Waals surface area contributed by atoms with Crippen molar-refractivity contribution >= 4 is 23.7 Å². The van der Waals surface area contributed by atoms with E-state index in [2.05, 4.69) is 6.58 Å². The van der Waals surface area contributed by atoms with E-state index in [-0.39, 0.29) is 24.0 Å². The molecule has 5 unspecified atom stereocenters. The summed E-state index contributed by atoms with van der Waals surface area (Å²) in [5, 5.41) is 21.9. The minimum absolute atomic E-state index is 0.0314. The summed E-state index contributed by atoms with van der Waals surface area (Å²) in [6.07, 6.45) is -3.71. The molecule has 8 atom stereocenters. The average Bonchev–Trinajstić information content (AvgIpc) is 3.05. The van der Waals surface area contributed by atoms with Crippen molar-refractivity contribution in [1.29, 1.82) is 0 Å². The lowest BCUT2D eigenvalue weighted by Crippen LogP contribution is -2.57. The summed E-state index contributed by atoms with van der Waals surface area (Å²) >= 11 is 0. The van der Waals surface area contributed by atoms with E-state index in [1.54, 1.807) is 27.7 Å². The molecule has 9 nitrogen and oxygen atoms in total. The number of ether oxygens (including phenoxy) is 3. The first kappa shape index (κ1) is 27.7. The summed E-state index contributed by atoms with van der Waals surface area (Å²) in [6, 6.07) is 0. The van der Waals surface area contributed by atoms with Gasteiger partial charge in [0.1, 0.15) is 5.60 Å². The first-order valence-corrected chi connectivity index (χ1v) is 11.6. The number of fused-ring (bicyclic) bond motifs is 1. The van der Waals surface area contributed by atoms with Gasteiger partial charge in [-0.2, -0.15) is 0 Å². The third-order valence-corrected chi connectivity index (χ3v) is 6.79. The molecule has 190 valence electrons. The number of allylic oxidation sites excluding steroid dienone is 1. The molecule has 0 aromatic rings. The van der Waals surface area contributed by atoms with Crippen LogP contribution in [0.1, 0.15) is 60.8 Å². The van der Waals surface area contributed by atoms with Crippen LogP contribution in [-0.4, -0.2) is 63.9 Å². The second kappa shape index (κ2) is 10.8. The van der Waals surface area contributed by atoms with Crippen LogP contribution in [0, 0.1) is 17.8 Å². The highest BCUT2D eigenvalue weighted by Crippen LogP contribution is 2.41. The molecule has 2 fully saturated rings. The SMILES string of the molecule is C=C1C(=O)OC2C1[C@H](OC(=O)/C(C)=C\C)C(=O)C(C)C[C@H](O)C[C@](C)(O)C2OC(=O)C(C)CC. The molecule has 0 amide bonds. The molecule has 1 heterocycles. The molecule has 1 aliphatic heterocycles. The second-order valence-electron chi connectivity index (χ2n) is 9.64. The number of aliphatic hydroxyl groups excluding tert-OH is 1. The van der Waals surface area contributed by atoms with E-state index in [1.165, 1.54) is 19.9 Å². The molecule has 0 aromatic heterocycles. The number of hydrogen-bond donors (Lipinski definition) is 2. The number of rotatable bonds is 5. The number of carbonyl (C=O) groups excluding carboxylic acids is 4. The Labute approximate surface area is 200 Å². The lowest BCUT2D eigenvalue weighted by molar-refractivity contribution is -0.199. The lowest BCUT2D eigenvalue weighted by Gasteiger charge is -2.41. The zero-order valence-corrected chi connectivity index (χ0v) is 20.7. The molecule has 2 aliphatic rings. The molecule has 1 aliphatic carbocycles. The number of aliphatic hydroxyl groups is 2. The summed E-state index contributed by atoms with van der Waals surface area (Å²) < 4.78 is 16.7. The van der Waals surface area contributed by atoms with E-state index in [1.807, 2.05) is 0 Å². The van der Waals surface area contributed by atoms with Crippen LogP contribution in [-0.2, 0) is 33.4 Å². The standard InChI is InChI=1S/C25H36O9/c1-8-12(3)22(28)32-19-17-15(6)24(30)33-20(17)21(34-23(29)13(4)9-2)25(7,31)11-16(26)10-14(5)18(19)27/h8,13-14,16-17,19-21,26,31H,6,9-11H2,1-5,7H3/b12-8-/t13?,14?,16-,17?,19-,20?,21?,25-/m0/s1. The zero-order chi connectivity index (χ0) is 26.0. The van der Waals surface area contributed by atoms with Gasteiger partial charge in [0.05, 0.1) is 17.9 Å². The average molecular weight is 481 g/mol. The fourth-order valence-electron chi connectivity index (χ4n) is 4.28. The molecule has 0 bridgehead atoms. The van der Waals surface area contributed by atoms with Crippen LogP contribution in [0.2, 0.25) is 0 Å². The lowest BCUT2D eigenvalue weighted by atomic mass is 9.75. The van der Waals surface area contributed by atoms with Gasteiger partial charge in [0.25, 0.3) is 0 Å². The van der Waals surface area contributed by atoms with Crippen molar-refractivity contribution in [2.75, 3.05) is 0 Å². The van der Waals surface area contributed by atoms with Gasteiger partial charge in [-0.1, -0.05) is 33.4 Å². The first-order valence-electron chi connectivity index (χ1n) is 11.6. The maximum atomic E-state index is 13.4. The number of ketones is 1. The van der Waals surface area contributed by atoms with Gasteiger partial charge in [0, 0.05) is 23.5 Å². The molecule has 0 aromatic carbocycles. The van der Waals surface area contributed by atoms with Crippen molar-refractivity contribution in [2.45, 2.75) is 90.8 Å². The van der Waals surface area contributed by atoms with Gasteiger partial charge >= 0.3 is 17.9 Å². The van der Waals surface area contributed by atoms with Crippen molar-refractivity contribution in [3.05, 3.63) is 23.8 Å². The summed E-state index contributed by atoms with van der Waals surface area (Å²) in [5.41, 5.74) is -1.70. The van der Waals surface area contributed by atoms with E-state index >= 15 is 0 Å². The van der Waals surface area contributed by atoms with Crippen LogP contribution < -0.4 is 0 Å². The molecule has 2 N–H and O–H groups in total. The van der Waals surface area contributed by atoms with Crippen molar-refractivity contribution < 1.29 is 43.6 Å². The van der Waals surface area contributed by atoms with E-state index in [0.717, 1.165) is 0 Å². The Morgan fingerprint density at radius 2 is 1.94 bits per heavy atom. The van der Waals surface area contributed by atoms with E-state index in [9.17, 15) is 29.4 Å². The van der Waals surface area contributed by atoms with Crippen molar-refractivity contribution in [3.8, 4) is 0 Å². The molecule has 34 heavy (non-hydrogen) atoms. The summed E-state index contributed by atoms with van der Waals surface area (Å²) in [4.78, 5) is 51.3. The fraction of sp³-hybridized carbons (Fsp3) is 0.680. The molecular formula is C25H36O9. The summed E-state index contributed by atoms with van der Waals surface area (Å²) in [6.45, 7) is 13.3. The molecule has 2 rings (SSSR count). The molecule has 0 spiro atoms. The van der Waals surface area contributed by atoms with Crippen LogP contribution in [0.15, 0.2) is 23.8 Å². The minimum Gasteiger partial charge on any atom is -0.455 e. The topological polar surface area (TPSA) is 136 Å². The maximum Gasteiger partial charge on any atom is 0.334 e. The van der Waals surface area contributed by atoms with E-state index in [4.69, 9.17) is 14.2 Å². The molecule has 1 saturated carbocycles. The Balaban J connectivity index is 2.64. The van der Waals surface area contributed by atoms with E-state index in [0.29, 0.717) is 6.42 Å². The quantitative estimate of drug-likeness (QED) is 0.344. The van der Waals surface area contributed by atoms with Gasteiger partial charge in [-0.15, -0.1) is 0 Å². The van der Waals surface area contributed by atoms with E-state index < -0.39 is 71.5 Å². The normalized spacial score (nSPS) is 35.8. The Bertz CT molecular complexity index is 872. The second-order valence-corrected chi connectivity index (χ2v) is 9.64. The number of esters is 3. The van der Waals surface area contributed by atoms with Gasteiger partial charge in [0.15, 0.2) is 24.1 Å². The molecule has 0 radical (unpaired) electrons. The monoisotopic (exact) mass is 480 g/mol. The Morgan fingerprint density at radius 1 is 1.32 bits per heavy atom. The van der Waals surface area contributed by atoms with Crippen LogP contribution >= 0.6 is 0 Å². The van der Waals surface area contributed by atoms with Crippen LogP contribution in [0.5, 0.6) is 0 Å². The third kappa shape index (κ3) is 5.75. The van der Waals surface area contributed by atoms with Gasteiger partial charge in [-0.3, -0.25) is 9.59 Å². The summed E-state index contributed by atoms with van der Waals surface area (Å²) in [5.74, 6) is -5.24. The van der Waals surface area contributed by atoms with Gasteiger partial charge < -0.3 is 24.4 Å². The van der Waals surface area contributed by atoms with Gasteiger partial charge in [-0.05, 0) is 33.6 Å². The number of hydrogen-bond acceptors (Lipinski definition) is 9. The van der Waals surface area contributed by atoms with Gasteiger partial charge in [0.2, 0.25) is 0 Å². The zero-order valence-electron chi connectivity index (χ0n) is 20.7. The van der Waals surface area contributed by atoms with Crippen LogP contribution in [0.25, 0.3) is 0 Å². The Kier molecular flexibility index (Phi) is 8.82. The number of Topliss-reactive ketones (excluding diaryl/α,β-unsaturated/α-hetero) is 1. The predicted octanol–water partition coefficient (Wildman–Crippen LogP) is 2.03. The largest absolute Gasteiger partial charge is 0.455 e. The van der Waals surface area contributed by atoms with Crippen molar-refractivity contribution in [1.82, 2.24) is 0 Å². The van der Waals surface area contributed by atoms with Gasteiger partial charge in [-0.25, -0.2) is 9.59 Å². The highest BCUT2D eigenvalue weighted by Gasteiger charge is 2.57. The van der Waals surface area contributed by atoms with Crippen molar-refractivity contribution in [2.24, 2.45) is 17.8 Å². The predicted molar refractivity (Wildman–Crippen MR) is 121 cm³/mol. The molecule has 9 heteroatoms. The fourth-order valence-corrected chi connectivity index (χ4v) is 4.28. The maximum absolute atomic E-state index is 13.4. The van der Waals surface area contributed by atoms with Crippen LogP contribution in [0.4, 0.5) is 0 Å². The Hall–Kier alpha value is -2.52. The minimum atomic E-state index is -1.83. The third-order valence-electron chi connectivity index (χ3n) is 6.79. The molecule has 1 saturated heterocycles. The van der Waals surface area contributed by atoms with Crippen LogP contribution in [0.3, 0.4) is 0 Å². The smallest absolute Gasteiger partial charge is 0.334 e. The number of carbonyl (C=O) groups is 4. The highest BCUT2D eigenvalue weighted by atomic mass is 16.6. The van der Waals surface area contributed by atoms with Crippen molar-refractivity contribution in [3.63, 3.8) is 0 Å². The molecular weight excluding hydrogens is 444 g/mol.